The first-order chi connectivity index (χ1) is 51.4. The van der Waals surface area contributed by atoms with Crippen molar-refractivity contribution in [2.75, 3.05) is 9.80 Å². The lowest BCUT2D eigenvalue weighted by Gasteiger charge is -2.46. The summed E-state index contributed by atoms with van der Waals surface area (Å²) in [5.74, 6) is 0. The largest absolute Gasteiger partial charge is 0.456 e. The number of benzene rings is 13. The van der Waals surface area contributed by atoms with Gasteiger partial charge >= 0.3 is 0 Å². The molecule has 0 saturated heterocycles. The Morgan fingerprint density at radius 1 is 0.269 bits per heavy atom. The van der Waals surface area contributed by atoms with Gasteiger partial charge in [-0.25, -0.2) is 0 Å². The summed E-state index contributed by atoms with van der Waals surface area (Å²) in [6, 6.07) is 101. The summed E-state index contributed by atoms with van der Waals surface area (Å²) in [6.07, 6.45) is 0. The van der Waals surface area contributed by atoms with Gasteiger partial charge in [-0.2, -0.15) is 0 Å². The fraction of sp³-hybridized carbons (Fsp3) is 0.235. The molecule has 5 nitrogen and oxygen atoms in total. The molecule has 0 atom stereocenters. The van der Waals surface area contributed by atoms with E-state index in [1.807, 2.05) is 0 Å². The minimum absolute atomic E-state index is 0.0615. The number of rotatable bonds is 7. The van der Waals surface area contributed by atoms with Gasteiger partial charge in [-0.15, -0.1) is 0 Å². The van der Waals surface area contributed by atoms with Crippen molar-refractivity contribution in [1.82, 2.24) is 9.13 Å². The van der Waals surface area contributed by atoms with Crippen LogP contribution in [0.2, 0.25) is 0 Å². The third-order valence-corrected chi connectivity index (χ3v) is 23.6. The van der Waals surface area contributed by atoms with Gasteiger partial charge in [0.25, 0.3) is 6.71 Å². The van der Waals surface area contributed by atoms with Crippen LogP contribution in [-0.2, 0) is 32.5 Å². The fourth-order valence-electron chi connectivity index (χ4n) is 17.7. The number of anilines is 6. The van der Waals surface area contributed by atoms with Crippen molar-refractivity contribution in [3.63, 3.8) is 0 Å². The minimum atomic E-state index is -0.353. The molecule has 13 aromatic carbocycles. The first-order valence-corrected chi connectivity index (χ1v) is 38.9. The van der Waals surface area contributed by atoms with E-state index in [-0.39, 0.29) is 39.2 Å². The van der Waals surface area contributed by atoms with Crippen molar-refractivity contribution in [1.29, 1.82) is 0 Å². The highest BCUT2D eigenvalue weighted by Crippen LogP contribution is 2.57. The van der Waals surface area contributed by atoms with Crippen molar-refractivity contribution in [2.24, 2.45) is 0 Å². The maximum atomic E-state index is 7.13. The van der Waals surface area contributed by atoms with E-state index in [1.54, 1.807) is 0 Å². The monoisotopic (exact) mass is 1400 g/mol. The Morgan fingerprint density at radius 2 is 0.759 bits per heavy atom. The van der Waals surface area contributed by atoms with E-state index in [1.165, 1.54) is 105 Å². The summed E-state index contributed by atoms with van der Waals surface area (Å²) < 4.78 is 12.2. The molecule has 534 valence electrons. The van der Waals surface area contributed by atoms with Crippen LogP contribution in [0.25, 0.3) is 110 Å². The summed E-state index contributed by atoms with van der Waals surface area (Å²) in [5, 5.41) is 7.04. The van der Waals surface area contributed by atoms with E-state index in [0.717, 1.165) is 89.6 Å². The second kappa shape index (κ2) is 24.2. The molecule has 0 fully saturated rings. The van der Waals surface area contributed by atoms with Gasteiger partial charge < -0.3 is 23.4 Å². The molecule has 2 aliphatic heterocycles. The molecule has 6 heteroatoms. The van der Waals surface area contributed by atoms with Gasteiger partial charge in [0, 0.05) is 72.2 Å². The van der Waals surface area contributed by atoms with Crippen LogP contribution >= 0.6 is 0 Å². The average molecular weight is 1410 g/mol. The number of para-hydroxylation sites is 3. The first kappa shape index (κ1) is 68.7. The summed E-state index contributed by atoms with van der Waals surface area (Å²) in [7, 11) is 0. The van der Waals surface area contributed by atoms with Gasteiger partial charge in [0.2, 0.25) is 0 Å². The molecule has 0 spiro atoms. The highest BCUT2D eigenvalue weighted by molar-refractivity contribution is 7.00. The van der Waals surface area contributed by atoms with Crippen molar-refractivity contribution in [3.8, 4) is 44.8 Å². The molecule has 5 heterocycles. The molecule has 3 aromatic heterocycles. The van der Waals surface area contributed by atoms with Crippen LogP contribution in [-0.4, -0.2) is 15.8 Å². The highest BCUT2D eigenvalue weighted by atomic mass is 16.3. The Bertz CT molecular complexity index is 6270. The zero-order valence-corrected chi connectivity index (χ0v) is 66.1. The SMILES string of the molecule is CC(C)(C)c1cc(-c2ccc3c(c2)N(c2c(-c4ccccc4C(C)(C)C)ccc4c2c2ccccc2n4-c2ccccc2)c2cc(C(C)(C)C)cc4c2B3c2ccc(-n3c5ccc(C(C)(C)C)cc5c5cc(C(C)(C)C)ccc53)cc2N4c2c(-c3ccccc3)ccc3oc4ccccc4c23)cc(C(C)(C)C)c1. The molecule has 18 rings (SSSR count). The number of hydrogen-bond acceptors (Lipinski definition) is 3. The molecule has 108 heavy (non-hydrogen) atoms. The minimum Gasteiger partial charge on any atom is -0.456 e. The summed E-state index contributed by atoms with van der Waals surface area (Å²) >= 11 is 0. The van der Waals surface area contributed by atoms with Crippen LogP contribution in [0.15, 0.2) is 265 Å². The predicted molar refractivity (Wildman–Crippen MR) is 465 cm³/mol. The Labute approximate surface area is 638 Å². The van der Waals surface area contributed by atoms with Gasteiger partial charge in [0.1, 0.15) is 11.2 Å². The average Bonchev–Trinajstić information content (AvgIpc) is 1.01. The van der Waals surface area contributed by atoms with Crippen molar-refractivity contribution in [2.45, 2.75) is 157 Å². The molecule has 0 unspecified atom stereocenters. The van der Waals surface area contributed by atoms with Gasteiger partial charge in [0.15, 0.2) is 0 Å². The number of aromatic nitrogens is 2. The second-order valence-electron chi connectivity index (χ2n) is 37.0. The maximum absolute atomic E-state index is 7.13. The lowest BCUT2D eigenvalue weighted by Crippen LogP contribution is -2.61. The third kappa shape index (κ3) is 11.0. The van der Waals surface area contributed by atoms with E-state index in [4.69, 9.17) is 4.42 Å². The van der Waals surface area contributed by atoms with E-state index in [0.29, 0.717) is 0 Å². The van der Waals surface area contributed by atoms with Crippen LogP contribution < -0.4 is 26.2 Å². The summed E-state index contributed by atoms with van der Waals surface area (Å²) in [4.78, 5) is 5.49. The van der Waals surface area contributed by atoms with E-state index < -0.39 is 0 Å². The molecule has 0 bridgehead atoms. The number of hydrogen-bond donors (Lipinski definition) is 0. The molecule has 0 N–H and O–H groups in total. The van der Waals surface area contributed by atoms with Crippen molar-refractivity contribution < 1.29 is 4.42 Å². The summed E-state index contributed by atoms with van der Waals surface area (Å²) in [5.41, 5.74) is 33.0. The predicted octanol–water partition coefficient (Wildman–Crippen LogP) is 26.6. The Balaban J connectivity index is 1.04. The van der Waals surface area contributed by atoms with E-state index in [9.17, 15) is 0 Å². The molecule has 0 radical (unpaired) electrons. The first-order valence-electron chi connectivity index (χ1n) is 38.9. The second-order valence-corrected chi connectivity index (χ2v) is 37.0. The zero-order chi connectivity index (χ0) is 75.2. The van der Waals surface area contributed by atoms with Crippen LogP contribution in [0.1, 0.15) is 158 Å². The number of fused-ring (bicyclic) bond motifs is 13. The van der Waals surface area contributed by atoms with Crippen molar-refractivity contribution in [3.05, 3.63) is 294 Å². The Morgan fingerprint density at radius 3 is 1.37 bits per heavy atom. The lowest BCUT2D eigenvalue weighted by molar-refractivity contribution is 0.569. The van der Waals surface area contributed by atoms with Crippen LogP contribution in [0.3, 0.4) is 0 Å². The van der Waals surface area contributed by atoms with E-state index in [2.05, 4.69) is 404 Å². The number of nitrogens with zero attached hydrogens (tertiary/aromatic N) is 4. The normalized spacial score (nSPS) is 13.6. The molecular weight excluding hydrogens is 1310 g/mol. The molecule has 16 aromatic rings. The smallest absolute Gasteiger partial charge is 0.252 e. The van der Waals surface area contributed by atoms with Gasteiger partial charge in [-0.05, 0) is 202 Å². The van der Waals surface area contributed by atoms with Gasteiger partial charge in [0.05, 0.1) is 38.8 Å². The molecule has 0 aliphatic carbocycles. The Kier molecular flexibility index (Phi) is 15.4. The molecule has 0 amide bonds. The zero-order valence-electron chi connectivity index (χ0n) is 66.1. The third-order valence-electron chi connectivity index (χ3n) is 23.6. The maximum Gasteiger partial charge on any atom is 0.252 e. The van der Waals surface area contributed by atoms with Crippen LogP contribution in [0, 0.1) is 0 Å². The van der Waals surface area contributed by atoms with Crippen molar-refractivity contribution >= 4 is 123 Å². The molecule has 2 aliphatic rings. The fourth-order valence-corrected chi connectivity index (χ4v) is 17.7. The lowest BCUT2D eigenvalue weighted by atomic mass is 9.33. The standard InChI is InChI=1S/C102H97BN4O/c1-97(2,3)65-42-49-83-77(57-65)78-58-66(98(4,5)6)43-50-84(78)105(83)71-44-48-81-87(61-71)107(95-72(62-31-21-19-22-32-62)46-52-91-93(95)76-37-27-30-40-90(76)108-91)89-60-69(101(13,14)15)59-88-94(89)103(81)80-47-41-63(64-53-67(99(7,8)9)56-68(54-64)100(10,11)12)55-86(80)106(88)96-74(73-35-25-28-38-79(73)102(16,17)18)45-51-85-92(96)75-36-26-29-39-82(75)104(85)70-33-23-20-24-34-70/h19-61H,1-18H3. The van der Waals surface area contributed by atoms with Crippen LogP contribution in [0.5, 0.6) is 0 Å². The van der Waals surface area contributed by atoms with Gasteiger partial charge in [-0.1, -0.05) is 288 Å². The Hall–Kier alpha value is -11.1. The molecular formula is C102H97BN4O. The van der Waals surface area contributed by atoms with Gasteiger partial charge in [-0.3, -0.25) is 0 Å². The number of furan rings is 1. The van der Waals surface area contributed by atoms with E-state index >= 15 is 0 Å². The highest BCUT2D eigenvalue weighted by Gasteiger charge is 2.47. The van der Waals surface area contributed by atoms with Crippen LogP contribution in [0.4, 0.5) is 34.1 Å². The topological polar surface area (TPSA) is 29.5 Å². The summed E-state index contributed by atoms with van der Waals surface area (Å²) in [6.45, 7) is 42.2. The quantitative estimate of drug-likeness (QED) is 0.149. The molecule has 0 saturated carbocycles.